The highest BCUT2D eigenvalue weighted by Crippen LogP contribution is 2.17. The largest absolute Gasteiger partial charge is 0.377 e. The summed E-state index contributed by atoms with van der Waals surface area (Å²) in [6, 6.07) is 1.81. The molecular formula is C14H28N2O. The molecule has 2 aliphatic rings. The Hall–Kier alpha value is -0.120. The molecule has 2 aliphatic heterocycles. The molecule has 0 aromatic carbocycles. The van der Waals surface area contributed by atoms with Crippen molar-refractivity contribution in [3.8, 4) is 0 Å². The highest BCUT2D eigenvalue weighted by Gasteiger charge is 2.24. The molecule has 0 aromatic rings. The molecule has 2 rings (SSSR count). The summed E-state index contributed by atoms with van der Waals surface area (Å²) in [5.74, 6) is 0. The number of rotatable bonds is 5. The van der Waals surface area contributed by atoms with Gasteiger partial charge < -0.3 is 15.4 Å². The second-order valence-electron chi connectivity index (χ2n) is 5.79. The van der Waals surface area contributed by atoms with Crippen LogP contribution in [0.25, 0.3) is 0 Å². The molecule has 0 spiro atoms. The smallest absolute Gasteiger partial charge is 0.0726 e. The first-order valence-electron chi connectivity index (χ1n) is 7.36. The van der Waals surface area contributed by atoms with E-state index in [0.717, 1.165) is 12.6 Å². The second kappa shape index (κ2) is 6.72. The number of nitrogens with one attached hydrogen (secondary N) is 2. The van der Waals surface area contributed by atoms with Crippen molar-refractivity contribution in [1.82, 2.24) is 10.6 Å². The Labute approximate surface area is 106 Å². The van der Waals surface area contributed by atoms with E-state index < -0.39 is 0 Å². The zero-order chi connectivity index (χ0) is 12.1. The molecule has 17 heavy (non-hydrogen) atoms. The summed E-state index contributed by atoms with van der Waals surface area (Å²) in [6.07, 6.45) is 8.24. The molecule has 4 unspecified atom stereocenters. The third-order valence-corrected chi connectivity index (χ3v) is 4.12. The zero-order valence-corrected chi connectivity index (χ0v) is 11.4. The Kier molecular flexibility index (Phi) is 5.26. The lowest BCUT2D eigenvalue weighted by Crippen LogP contribution is -2.46. The van der Waals surface area contributed by atoms with Crippen LogP contribution in [0.1, 0.15) is 52.4 Å². The minimum absolute atomic E-state index is 0.441. The Morgan fingerprint density at radius 3 is 2.76 bits per heavy atom. The standard InChI is InChI=1S/C14H28N2O/c1-11(10-13-6-3-4-8-15-13)16-12(2)14-7-5-9-17-14/h11-16H,3-10H2,1-2H3. The van der Waals surface area contributed by atoms with E-state index in [4.69, 9.17) is 4.74 Å². The lowest BCUT2D eigenvalue weighted by molar-refractivity contribution is 0.0793. The van der Waals surface area contributed by atoms with Crippen LogP contribution in [0.3, 0.4) is 0 Å². The molecule has 0 bridgehead atoms. The van der Waals surface area contributed by atoms with Crippen LogP contribution in [0.5, 0.6) is 0 Å². The first-order valence-corrected chi connectivity index (χ1v) is 7.36. The van der Waals surface area contributed by atoms with E-state index in [9.17, 15) is 0 Å². The molecule has 0 amide bonds. The van der Waals surface area contributed by atoms with Crippen molar-refractivity contribution in [2.24, 2.45) is 0 Å². The SMILES string of the molecule is CC(CC1CCCCN1)NC(C)C1CCCO1. The van der Waals surface area contributed by atoms with E-state index in [2.05, 4.69) is 24.5 Å². The van der Waals surface area contributed by atoms with Crippen LogP contribution in [0.2, 0.25) is 0 Å². The molecule has 0 radical (unpaired) electrons. The van der Waals surface area contributed by atoms with Crippen LogP contribution in [-0.2, 0) is 4.74 Å². The monoisotopic (exact) mass is 240 g/mol. The van der Waals surface area contributed by atoms with Crippen LogP contribution < -0.4 is 10.6 Å². The molecule has 2 fully saturated rings. The number of hydrogen-bond acceptors (Lipinski definition) is 3. The lowest BCUT2D eigenvalue weighted by Gasteiger charge is -2.29. The van der Waals surface area contributed by atoms with Gasteiger partial charge in [0.1, 0.15) is 0 Å². The van der Waals surface area contributed by atoms with Gasteiger partial charge in [-0.3, -0.25) is 0 Å². The fraction of sp³-hybridized carbons (Fsp3) is 1.00. The van der Waals surface area contributed by atoms with Gasteiger partial charge in [-0.05, 0) is 52.5 Å². The van der Waals surface area contributed by atoms with Gasteiger partial charge >= 0.3 is 0 Å². The van der Waals surface area contributed by atoms with Crippen molar-refractivity contribution >= 4 is 0 Å². The maximum atomic E-state index is 5.73. The molecule has 2 N–H and O–H groups in total. The molecule has 2 heterocycles. The number of ether oxygens (including phenoxy) is 1. The maximum absolute atomic E-state index is 5.73. The van der Waals surface area contributed by atoms with Gasteiger partial charge in [-0.25, -0.2) is 0 Å². The number of hydrogen-bond donors (Lipinski definition) is 2. The molecule has 4 atom stereocenters. The Morgan fingerprint density at radius 2 is 2.12 bits per heavy atom. The van der Waals surface area contributed by atoms with Crippen molar-refractivity contribution in [3.05, 3.63) is 0 Å². The summed E-state index contributed by atoms with van der Waals surface area (Å²) >= 11 is 0. The molecule has 0 aromatic heterocycles. The molecule has 3 heteroatoms. The van der Waals surface area contributed by atoms with Crippen molar-refractivity contribution < 1.29 is 4.74 Å². The van der Waals surface area contributed by atoms with E-state index in [-0.39, 0.29) is 0 Å². The molecule has 100 valence electrons. The Morgan fingerprint density at radius 1 is 1.24 bits per heavy atom. The van der Waals surface area contributed by atoms with Crippen LogP contribution in [0.15, 0.2) is 0 Å². The van der Waals surface area contributed by atoms with Crippen LogP contribution in [-0.4, -0.2) is 37.4 Å². The quantitative estimate of drug-likeness (QED) is 0.772. The average Bonchev–Trinajstić information content (AvgIpc) is 2.83. The summed E-state index contributed by atoms with van der Waals surface area (Å²) in [6.45, 7) is 6.73. The van der Waals surface area contributed by atoms with E-state index in [1.54, 1.807) is 0 Å². The van der Waals surface area contributed by atoms with Gasteiger partial charge in [0.25, 0.3) is 0 Å². The van der Waals surface area contributed by atoms with E-state index in [1.165, 1.54) is 45.1 Å². The molecule has 3 nitrogen and oxygen atoms in total. The van der Waals surface area contributed by atoms with Gasteiger partial charge in [-0.15, -0.1) is 0 Å². The van der Waals surface area contributed by atoms with Gasteiger partial charge in [0.15, 0.2) is 0 Å². The van der Waals surface area contributed by atoms with Gasteiger partial charge in [0.2, 0.25) is 0 Å². The predicted molar refractivity (Wildman–Crippen MR) is 71.3 cm³/mol. The molecule has 2 saturated heterocycles. The Balaban J connectivity index is 1.66. The third-order valence-electron chi connectivity index (χ3n) is 4.12. The first kappa shape index (κ1) is 13.3. The van der Waals surface area contributed by atoms with E-state index in [0.29, 0.717) is 18.2 Å². The minimum atomic E-state index is 0.441. The third kappa shape index (κ3) is 4.23. The van der Waals surface area contributed by atoms with Crippen molar-refractivity contribution in [2.45, 2.75) is 76.6 Å². The summed E-state index contributed by atoms with van der Waals surface area (Å²) in [4.78, 5) is 0. The van der Waals surface area contributed by atoms with Gasteiger partial charge in [0.05, 0.1) is 6.10 Å². The van der Waals surface area contributed by atoms with Gasteiger partial charge in [-0.1, -0.05) is 6.42 Å². The van der Waals surface area contributed by atoms with Gasteiger partial charge in [-0.2, -0.15) is 0 Å². The highest BCUT2D eigenvalue weighted by molar-refractivity contribution is 4.82. The summed E-state index contributed by atoms with van der Waals surface area (Å²) in [5.41, 5.74) is 0. The number of piperidine rings is 1. The molecule has 0 aliphatic carbocycles. The summed E-state index contributed by atoms with van der Waals surface area (Å²) in [5, 5.41) is 7.33. The topological polar surface area (TPSA) is 33.3 Å². The minimum Gasteiger partial charge on any atom is -0.377 e. The fourth-order valence-electron chi connectivity index (χ4n) is 3.17. The second-order valence-corrected chi connectivity index (χ2v) is 5.79. The normalized spacial score (nSPS) is 33.5. The zero-order valence-electron chi connectivity index (χ0n) is 11.4. The summed E-state index contributed by atoms with van der Waals surface area (Å²) < 4.78 is 5.73. The fourth-order valence-corrected chi connectivity index (χ4v) is 3.17. The molecule has 0 saturated carbocycles. The van der Waals surface area contributed by atoms with E-state index >= 15 is 0 Å². The average molecular weight is 240 g/mol. The van der Waals surface area contributed by atoms with Crippen LogP contribution >= 0.6 is 0 Å². The van der Waals surface area contributed by atoms with E-state index in [1.807, 2.05) is 0 Å². The maximum Gasteiger partial charge on any atom is 0.0726 e. The lowest BCUT2D eigenvalue weighted by atomic mass is 9.98. The van der Waals surface area contributed by atoms with Crippen molar-refractivity contribution in [2.75, 3.05) is 13.2 Å². The first-order chi connectivity index (χ1) is 8.25. The molecular weight excluding hydrogens is 212 g/mol. The van der Waals surface area contributed by atoms with Crippen LogP contribution in [0.4, 0.5) is 0 Å². The van der Waals surface area contributed by atoms with Crippen molar-refractivity contribution in [3.63, 3.8) is 0 Å². The predicted octanol–water partition coefficient (Wildman–Crippen LogP) is 2.06. The van der Waals surface area contributed by atoms with Gasteiger partial charge in [0, 0.05) is 24.7 Å². The summed E-state index contributed by atoms with van der Waals surface area (Å²) in [7, 11) is 0. The Bertz CT molecular complexity index is 210. The van der Waals surface area contributed by atoms with Crippen molar-refractivity contribution in [1.29, 1.82) is 0 Å². The van der Waals surface area contributed by atoms with Crippen LogP contribution in [0, 0.1) is 0 Å². The highest BCUT2D eigenvalue weighted by atomic mass is 16.5.